The molecule has 3 heterocycles. The summed E-state index contributed by atoms with van der Waals surface area (Å²) in [7, 11) is 2.45. The molecule has 19 nitrogen and oxygen atoms in total. The zero-order valence-corrected chi connectivity index (χ0v) is 23.8. The maximum absolute atomic E-state index is 10.4. The molecule has 0 aliphatic carbocycles. The number of nitrogens with one attached hydrogen (secondary N) is 1. The molecule has 0 spiro atoms. The van der Waals surface area contributed by atoms with Gasteiger partial charge in [-0.25, -0.2) is 0 Å². The van der Waals surface area contributed by atoms with Crippen LogP contribution in [0.25, 0.3) is 0 Å². The summed E-state index contributed by atoms with van der Waals surface area (Å²) in [5, 5.41) is 120. The molecule has 256 valence electrons. The van der Waals surface area contributed by atoms with Gasteiger partial charge in [-0.3, -0.25) is 0 Å². The first-order valence-corrected chi connectivity index (χ1v) is 13.6. The van der Waals surface area contributed by atoms with Gasteiger partial charge >= 0.3 is 0 Å². The van der Waals surface area contributed by atoms with Gasteiger partial charge in [-0.05, 0) is 7.05 Å². The number of aliphatic hydroxyl groups is 12. The number of ether oxygens (including phenoxy) is 6. The van der Waals surface area contributed by atoms with Crippen LogP contribution < -0.4 is 5.32 Å². The van der Waals surface area contributed by atoms with Crippen molar-refractivity contribution in [2.24, 2.45) is 0 Å². The highest BCUT2D eigenvalue weighted by Crippen LogP contribution is 2.27. The van der Waals surface area contributed by atoms with Crippen LogP contribution >= 0.6 is 0 Å². The molecule has 3 rings (SSSR count). The second-order valence-corrected chi connectivity index (χ2v) is 10.5. The molecule has 0 radical (unpaired) electrons. The molecule has 3 aliphatic rings. The molecule has 0 aromatic rings. The van der Waals surface area contributed by atoms with E-state index in [0.29, 0.717) is 0 Å². The Kier molecular flexibility index (Phi) is 15.9. The van der Waals surface area contributed by atoms with Crippen molar-refractivity contribution in [3.63, 3.8) is 0 Å². The lowest BCUT2D eigenvalue weighted by molar-refractivity contribution is -0.319. The summed E-state index contributed by atoms with van der Waals surface area (Å²) in [6.45, 7) is -3.23. The quantitative estimate of drug-likeness (QED) is 0.0891. The molecule has 0 aromatic carbocycles. The van der Waals surface area contributed by atoms with Crippen molar-refractivity contribution < 1.29 is 89.7 Å². The van der Waals surface area contributed by atoms with Gasteiger partial charge in [0.15, 0.2) is 18.9 Å². The number of likely N-dealkylation sites (N-methyl/N-ethyl adjacent to an activating group) is 1. The normalized spacial score (nSPS) is 43.4. The minimum atomic E-state index is -1.73. The van der Waals surface area contributed by atoms with E-state index in [0.717, 1.165) is 7.11 Å². The molecule has 3 aliphatic heterocycles. The lowest BCUT2D eigenvalue weighted by Crippen LogP contribution is -2.63. The molecular weight excluding hydrogens is 590 g/mol. The average Bonchev–Trinajstić information content (AvgIpc) is 3.01. The van der Waals surface area contributed by atoms with Crippen LogP contribution in [0.2, 0.25) is 0 Å². The summed E-state index contributed by atoms with van der Waals surface area (Å²) in [6.07, 6.45) is -20.7. The van der Waals surface area contributed by atoms with E-state index in [1.54, 1.807) is 0 Å². The predicted molar refractivity (Wildman–Crippen MR) is 138 cm³/mol. The number of hydrogen-bond donors (Lipinski definition) is 13. The Hall–Kier alpha value is -0.760. The Labute approximate surface area is 247 Å². The van der Waals surface area contributed by atoms with Crippen molar-refractivity contribution in [2.75, 3.05) is 53.8 Å². The molecule has 0 bridgehead atoms. The highest BCUT2D eigenvalue weighted by Gasteiger charge is 2.48. The predicted octanol–water partition coefficient (Wildman–Crippen LogP) is -7.97. The molecule has 43 heavy (non-hydrogen) atoms. The molecule has 19 heteroatoms. The third kappa shape index (κ3) is 9.39. The van der Waals surface area contributed by atoms with Gasteiger partial charge in [-0.1, -0.05) is 0 Å². The van der Waals surface area contributed by atoms with E-state index < -0.39 is 131 Å². The minimum absolute atomic E-state index is 0.162. The maximum Gasteiger partial charge on any atom is 0.186 e. The highest BCUT2D eigenvalue weighted by molar-refractivity contribution is 4.94. The van der Waals surface area contributed by atoms with E-state index in [-0.39, 0.29) is 6.42 Å². The summed E-state index contributed by atoms with van der Waals surface area (Å²) >= 11 is 0. The van der Waals surface area contributed by atoms with E-state index >= 15 is 0 Å². The molecule has 14 atom stereocenters. The molecular formula is C24H47NO18. The lowest BCUT2D eigenvalue weighted by atomic mass is 9.98. The fraction of sp³-hybridized carbons (Fsp3) is 1.00. The van der Waals surface area contributed by atoms with Crippen LogP contribution in [0, 0.1) is 0 Å². The van der Waals surface area contributed by atoms with Gasteiger partial charge in [0, 0.05) is 13.5 Å². The van der Waals surface area contributed by atoms with Crippen LogP contribution in [-0.4, -0.2) is 207 Å². The standard InChI is InChI=1S/C23H43NO17.CH4O/c1-24-23(6-36-20-10(29)2-9(28)11(3-25)39-20,7-37-21-18(34)16(32)14(30)12(4-26)40-21)8-38-22-19(35)17(33)15(31)13(5-27)41-22;1-2/h9-22,24-35H,2-8H2,1H3;2H,1H3. The number of hydrogen-bond acceptors (Lipinski definition) is 19. The Morgan fingerprint density at radius 2 is 0.930 bits per heavy atom. The van der Waals surface area contributed by atoms with E-state index in [2.05, 4.69) is 5.32 Å². The monoisotopic (exact) mass is 637 g/mol. The highest BCUT2D eigenvalue weighted by atomic mass is 16.7. The summed E-state index contributed by atoms with van der Waals surface area (Å²) in [4.78, 5) is 0. The summed E-state index contributed by atoms with van der Waals surface area (Å²) in [5.74, 6) is 0. The van der Waals surface area contributed by atoms with Crippen molar-refractivity contribution in [2.45, 2.75) is 98.0 Å². The van der Waals surface area contributed by atoms with Crippen molar-refractivity contribution in [1.82, 2.24) is 5.32 Å². The van der Waals surface area contributed by atoms with Gasteiger partial charge in [0.05, 0.1) is 51.3 Å². The summed E-state index contributed by atoms with van der Waals surface area (Å²) in [5.41, 5.74) is -1.45. The second kappa shape index (κ2) is 17.8. The second-order valence-electron chi connectivity index (χ2n) is 10.5. The number of aliphatic hydroxyl groups excluding tert-OH is 12. The first-order valence-electron chi connectivity index (χ1n) is 13.6. The van der Waals surface area contributed by atoms with Gasteiger partial charge in [-0.15, -0.1) is 0 Å². The molecule has 0 saturated carbocycles. The molecule has 13 N–H and O–H groups in total. The van der Waals surface area contributed by atoms with E-state index in [1.165, 1.54) is 7.05 Å². The molecule has 3 saturated heterocycles. The topological polar surface area (TPSA) is 310 Å². The van der Waals surface area contributed by atoms with Gasteiger partial charge in [0.1, 0.15) is 61.0 Å². The Morgan fingerprint density at radius 3 is 1.30 bits per heavy atom. The molecule has 0 aromatic heterocycles. The lowest BCUT2D eigenvalue weighted by Gasteiger charge is -2.44. The molecule has 14 unspecified atom stereocenters. The van der Waals surface area contributed by atoms with Crippen LogP contribution in [0.3, 0.4) is 0 Å². The first kappa shape index (κ1) is 38.4. The van der Waals surface area contributed by atoms with Crippen LogP contribution in [0.1, 0.15) is 6.42 Å². The minimum Gasteiger partial charge on any atom is -0.400 e. The number of rotatable bonds is 13. The Balaban J connectivity index is 0.00000316. The summed E-state index contributed by atoms with van der Waals surface area (Å²) in [6, 6.07) is 0. The fourth-order valence-corrected chi connectivity index (χ4v) is 4.66. The zero-order valence-electron chi connectivity index (χ0n) is 23.8. The van der Waals surface area contributed by atoms with E-state index in [4.69, 9.17) is 33.5 Å². The molecule has 0 amide bonds. The van der Waals surface area contributed by atoms with Crippen molar-refractivity contribution in [3.8, 4) is 0 Å². The zero-order chi connectivity index (χ0) is 32.5. The van der Waals surface area contributed by atoms with Crippen molar-refractivity contribution in [1.29, 1.82) is 0 Å². The molecule has 3 fully saturated rings. The van der Waals surface area contributed by atoms with Crippen LogP contribution in [0.5, 0.6) is 0 Å². The smallest absolute Gasteiger partial charge is 0.186 e. The van der Waals surface area contributed by atoms with Crippen LogP contribution in [0.15, 0.2) is 0 Å². The van der Waals surface area contributed by atoms with E-state index in [9.17, 15) is 56.2 Å². The van der Waals surface area contributed by atoms with Gasteiger partial charge in [0.2, 0.25) is 0 Å². The maximum atomic E-state index is 10.4. The van der Waals surface area contributed by atoms with Crippen molar-refractivity contribution in [3.05, 3.63) is 0 Å². The van der Waals surface area contributed by atoms with Crippen molar-refractivity contribution >= 4 is 0 Å². The summed E-state index contributed by atoms with van der Waals surface area (Å²) < 4.78 is 33.3. The average molecular weight is 638 g/mol. The SMILES string of the molecule is CNC(COC1OC(CO)C(O)CC1O)(COC1OC(CO)C(O)C(O)C1O)COC1OC(CO)C(O)C(O)C1O.CO. The van der Waals surface area contributed by atoms with Crippen LogP contribution in [-0.2, 0) is 28.4 Å². The van der Waals surface area contributed by atoms with Gasteiger partial charge in [0.25, 0.3) is 0 Å². The Morgan fingerprint density at radius 1 is 0.558 bits per heavy atom. The van der Waals surface area contributed by atoms with Gasteiger partial charge < -0.3 is 95.0 Å². The van der Waals surface area contributed by atoms with E-state index in [1.807, 2.05) is 0 Å². The third-order valence-electron chi connectivity index (χ3n) is 7.51. The Bertz CT molecular complexity index is 741. The van der Waals surface area contributed by atoms with Crippen LogP contribution in [0.4, 0.5) is 0 Å². The third-order valence-corrected chi connectivity index (χ3v) is 7.51. The fourth-order valence-electron chi connectivity index (χ4n) is 4.66. The van der Waals surface area contributed by atoms with Gasteiger partial charge in [-0.2, -0.15) is 0 Å². The largest absolute Gasteiger partial charge is 0.400 e. The first-order chi connectivity index (χ1) is 20.4.